The van der Waals surface area contributed by atoms with E-state index in [1.165, 1.54) is 0 Å². The number of aromatic nitrogens is 1. The first-order valence-electron chi connectivity index (χ1n) is 8.20. The Labute approximate surface area is 161 Å². The van der Waals surface area contributed by atoms with Crippen LogP contribution in [0.2, 0.25) is 0 Å². The lowest BCUT2D eigenvalue weighted by Gasteiger charge is -2.12. The van der Waals surface area contributed by atoms with E-state index in [1.807, 2.05) is 67.6 Å². The van der Waals surface area contributed by atoms with Crippen molar-refractivity contribution in [3.8, 4) is 11.3 Å². The van der Waals surface area contributed by atoms with Crippen molar-refractivity contribution in [2.45, 2.75) is 13.5 Å². The summed E-state index contributed by atoms with van der Waals surface area (Å²) in [5.74, 6) is -0.181. The number of methoxy groups -OCH3 is 1. The molecule has 0 saturated heterocycles. The molecule has 0 bridgehead atoms. The predicted octanol–water partition coefficient (Wildman–Crippen LogP) is 5.22. The number of rotatable bonds is 5. The van der Waals surface area contributed by atoms with E-state index in [0.717, 1.165) is 27.0 Å². The molecule has 132 valence electrons. The first-order chi connectivity index (χ1) is 12.6. The molecule has 0 atom stereocenters. The molecule has 0 spiro atoms. The predicted molar refractivity (Wildman–Crippen MR) is 107 cm³/mol. The molecule has 0 aliphatic carbocycles. The van der Waals surface area contributed by atoms with Crippen molar-refractivity contribution >= 4 is 27.5 Å². The summed E-state index contributed by atoms with van der Waals surface area (Å²) in [6, 6.07) is 19.2. The van der Waals surface area contributed by atoms with E-state index in [-0.39, 0.29) is 5.91 Å². The zero-order valence-corrected chi connectivity index (χ0v) is 16.2. The molecular formula is C21H19BrN2O2. The van der Waals surface area contributed by atoms with E-state index < -0.39 is 0 Å². The lowest BCUT2D eigenvalue weighted by Crippen LogP contribution is -2.15. The number of amides is 1. The van der Waals surface area contributed by atoms with Crippen LogP contribution in [0.3, 0.4) is 0 Å². The summed E-state index contributed by atoms with van der Waals surface area (Å²) in [6.45, 7) is 2.28. The molecule has 0 unspecified atom stereocenters. The number of carbonyl (C=O) groups excluding carboxylic acids is 1. The summed E-state index contributed by atoms with van der Waals surface area (Å²) in [4.78, 5) is 17.3. The maximum absolute atomic E-state index is 12.7. The number of hydrogen-bond acceptors (Lipinski definition) is 3. The summed E-state index contributed by atoms with van der Waals surface area (Å²) < 4.78 is 6.18. The second-order valence-electron chi connectivity index (χ2n) is 5.88. The van der Waals surface area contributed by atoms with Crippen LogP contribution < -0.4 is 5.32 Å². The zero-order valence-electron chi connectivity index (χ0n) is 14.6. The summed E-state index contributed by atoms with van der Waals surface area (Å²) in [5.41, 5.74) is 4.75. The third-order valence-corrected chi connectivity index (χ3v) is 4.51. The fourth-order valence-electron chi connectivity index (χ4n) is 2.72. The fourth-order valence-corrected chi connectivity index (χ4v) is 3.12. The van der Waals surface area contributed by atoms with E-state index in [1.54, 1.807) is 7.11 Å². The van der Waals surface area contributed by atoms with Crippen LogP contribution in [-0.2, 0) is 11.3 Å². The summed E-state index contributed by atoms with van der Waals surface area (Å²) >= 11 is 3.47. The smallest absolute Gasteiger partial charge is 0.257 e. The first kappa shape index (κ1) is 18.3. The van der Waals surface area contributed by atoms with Crippen molar-refractivity contribution in [2.75, 3.05) is 12.4 Å². The number of pyridine rings is 1. The van der Waals surface area contributed by atoms with Crippen molar-refractivity contribution in [3.05, 3.63) is 82.0 Å². The second-order valence-corrected chi connectivity index (χ2v) is 6.80. The highest BCUT2D eigenvalue weighted by atomic mass is 79.9. The minimum Gasteiger partial charge on any atom is -0.380 e. The van der Waals surface area contributed by atoms with Gasteiger partial charge in [-0.3, -0.25) is 9.78 Å². The Hall–Kier alpha value is -2.50. The Balaban J connectivity index is 1.85. The van der Waals surface area contributed by atoms with Gasteiger partial charge in [-0.25, -0.2) is 0 Å². The zero-order chi connectivity index (χ0) is 18.5. The third-order valence-electron chi connectivity index (χ3n) is 4.02. The van der Waals surface area contributed by atoms with Gasteiger partial charge in [-0.2, -0.15) is 0 Å². The molecular weight excluding hydrogens is 392 g/mol. The van der Waals surface area contributed by atoms with Crippen molar-refractivity contribution in [3.63, 3.8) is 0 Å². The third kappa shape index (κ3) is 4.18. The monoisotopic (exact) mass is 410 g/mol. The van der Waals surface area contributed by atoms with Gasteiger partial charge in [0.25, 0.3) is 5.91 Å². The maximum Gasteiger partial charge on any atom is 0.257 e. The number of nitrogens with one attached hydrogen (secondary N) is 1. The number of anilines is 1. The van der Waals surface area contributed by atoms with Gasteiger partial charge in [0.05, 0.1) is 23.6 Å². The largest absolute Gasteiger partial charge is 0.380 e. The number of nitrogens with zero attached hydrogens (tertiary/aromatic N) is 1. The highest BCUT2D eigenvalue weighted by Gasteiger charge is 2.13. The van der Waals surface area contributed by atoms with Crippen molar-refractivity contribution in [1.82, 2.24) is 4.98 Å². The van der Waals surface area contributed by atoms with E-state index >= 15 is 0 Å². The average Bonchev–Trinajstić information content (AvgIpc) is 2.63. The van der Waals surface area contributed by atoms with Gasteiger partial charge in [-0.1, -0.05) is 46.3 Å². The van der Waals surface area contributed by atoms with Crippen LogP contribution in [0.5, 0.6) is 0 Å². The van der Waals surface area contributed by atoms with Gasteiger partial charge in [0, 0.05) is 28.4 Å². The second kappa shape index (κ2) is 8.25. The fraction of sp³-hybridized carbons (Fsp3) is 0.143. The molecule has 3 aromatic rings. The van der Waals surface area contributed by atoms with Crippen molar-refractivity contribution in [2.24, 2.45) is 0 Å². The van der Waals surface area contributed by atoms with E-state index in [2.05, 4.69) is 26.2 Å². The quantitative estimate of drug-likeness (QED) is 0.627. The van der Waals surface area contributed by atoms with E-state index in [4.69, 9.17) is 4.74 Å². The topological polar surface area (TPSA) is 51.2 Å². The molecule has 26 heavy (non-hydrogen) atoms. The van der Waals surface area contributed by atoms with Crippen LogP contribution in [0, 0.1) is 6.92 Å². The summed E-state index contributed by atoms with van der Waals surface area (Å²) in [6.07, 6.45) is 0. The minimum atomic E-state index is -0.181. The number of carbonyl (C=O) groups is 1. The molecule has 0 radical (unpaired) electrons. The Morgan fingerprint density at radius 2 is 1.92 bits per heavy atom. The lowest BCUT2D eigenvalue weighted by molar-refractivity contribution is 0.102. The van der Waals surface area contributed by atoms with Crippen LogP contribution in [0.25, 0.3) is 11.3 Å². The van der Waals surface area contributed by atoms with Gasteiger partial charge in [-0.05, 0) is 37.3 Å². The van der Waals surface area contributed by atoms with Gasteiger partial charge in [0.2, 0.25) is 0 Å². The van der Waals surface area contributed by atoms with Crippen LogP contribution in [0.4, 0.5) is 5.69 Å². The molecule has 0 aliphatic rings. The molecule has 2 aromatic carbocycles. The number of hydrogen-bond donors (Lipinski definition) is 1. The molecule has 4 nitrogen and oxygen atoms in total. The molecule has 0 saturated carbocycles. The van der Waals surface area contributed by atoms with Crippen LogP contribution in [0.1, 0.15) is 21.6 Å². The highest BCUT2D eigenvalue weighted by Crippen LogP contribution is 2.23. The molecule has 1 amide bonds. The van der Waals surface area contributed by atoms with Crippen molar-refractivity contribution < 1.29 is 9.53 Å². The molecule has 5 heteroatoms. The van der Waals surface area contributed by atoms with Gasteiger partial charge >= 0.3 is 0 Å². The number of ether oxygens (including phenoxy) is 1. The Kier molecular flexibility index (Phi) is 5.81. The first-order valence-corrected chi connectivity index (χ1v) is 8.99. The Morgan fingerprint density at radius 3 is 2.65 bits per heavy atom. The summed E-state index contributed by atoms with van der Waals surface area (Å²) in [5, 5.41) is 2.95. The number of benzene rings is 2. The molecule has 0 aliphatic heterocycles. The maximum atomic E-state index is 12.7. The highest BCUT2D eigenvalue weighted by molar-refractivity contribution is 9.10. The van der Waals surface area contributed by atoms with Gasteiger partial charge in [-0.15, -0.1) is 0 Å². The molecule has 3 rings (SSSR count). The molecule has 1 aromatic heterocycles. The van der Waals surface area contributed by atoms with Crippen LogP contribution >= 0.6 is 15.9 Å². The van der Waals surface area contributed by atoms with E-state index in [0.29, 0.717) is 17.9 Å². The molecule has 1 heterocycles. The minimum absolute atomic E-state index is 0.181. The Bertz CT molecular complexity index is 941. The summed E-state index contributed by atoms with van der Waals surface area (Å²) in [7, 11) is 1.63. The Morgan fingerprint density at radius 1 is 1.12 bits per heavy atom. The van der Waals surface area contributed by atoms with Gasteiger partial charge in [0.1, 0.15) is 0 Å². The number of halogens is 1. The molecule has 1 N–H and O–H groups in total. The SMILES string of the molecule is COCc1ccccc1NC(=O)c1ccc(-c2cccc(Br)c2)nc1C. The molecule has 0 fully saturated rings. The standard InChI is InChI=1S/C21H19BrN2O2/c1-14-18(10-11-20(23-14)15-7-5-8-17(22)12-15)21(25)24-19-9-4-3-6-16(19)13-26-2/h3-12H,13H2,1-2H3,(H,24,25). The van der Waals surface area contributed by atoms with Crippen LogP contribution in [-0.4, -0.2) is 18.0 Å². The van der Waals surface area contributed by atoms with Crippen molar-refractivity contribution in [1.29, 1.82) is 0 Å². The van der Waals surface area contributed by atoms with Crippen LogP contribution in [0.15, 0.2) is 65.1 Å². The lowest BCUT2D eigenvalue weighted by atomic mass is 10.1. The number of para-hydroxylation sites is 1. The van der Waals surface area contributed by atoms with E-state index in [9.17, 15) is 4.79 Å². The van der Waals surface area contributed by atoms with Gasteiger partial charge in [0.15, 0.2) is 0 Å². The number of aryl methyl sites for hydroxylation is 1. The average molecular weight is 411 g/mol. The van der Waals surface area contributed by atoms with Gasteiger partial charge < -0.3 is 10.1 Å². The normalized spacial score (nSPS) is 10.6.